The number of benzene rings is 1. The van der Waals surface area contributed by atoms with Crippen molar-refractivity contribution in [1.82, 2.24) is 15.3 Å². The third kappa shape index (κ3) is 3.51. The van der Waals surface area contributed by atoms with Crippen molar-refractivity contribution in [2.75, 3.05) is 23.4 Å². The predicted octanol–water partition coefficient (Wildman–Crippen LogP) is 3.50. The lowest BCUT2D eigenvalue weighted by Gasteiger charge is -2.43. The molecule has 2 N–H and O–H groups in total. The summed E-state index contributed by atoms with van der Waals surface area (Å²) in [6.45, 7) is 5.05. The summed E-state index contributed by atoms with van der Waals surface area (Å²) in [6, 6.07) is 5.66. The van der Waals surface area contributed by atoms with Gasteiger partial charge in [-0.15, -0.1) is 0 Å². The third-order valence-electron chi connectivity index (χ3n) is 6.14. The molecule has 2 atom stereocenters. The van der Waals surface area contributed by atoms with E-state index < -0.39 is 0 Å². The molecule has 1 aromatic carbocycles. The molecule has 3 aromatic rings. The highest BCUT2D eigenvalue weighted by Crippen LogP contribution is 2.44. The van der Waals surface area contributed by atoms with Gasteiger partial charge in [0, 0.05) is 23.6 Å². The molecule has 1 fully saturated rings. The Kier molecular flexibility index (Phi) is 5.03. The third-order valence-corrected chi connectivity index (χ3v) is 7.25. The van der Waals surface area contributed by atoms with Crippen LogP contribution in [0.5, 0.6) is 0 Å². The molecule has 2 aromatic heterocycles. The van der Waals surface area contributed by atoms with Crippen molar-refractivity contribution in [3.8, 4) is 11.3 Å². The molecule has 6 rings (SSSR count). The van der Waals surface area contributed by atoms with Crippen molar-refractivity contribution in [2.24, 2.45) is 0 Å². The zero-order valence-corrected chi connectivity index (χ0v) is 19.5. The van der Waals surface area contributed by atoms with Gasteiger partial charge in [-0.2, -0.15) is 0 Å². The Morgan fingerprint density at radius 2 is 2.12 bits per heavy atom. The van der Waals surface area contributed by atoms with Crippen molar-refractivity contribution in [2.45, 2.75) is 45.0 Å². The van der Waals surface area contributed by atoms with E-state index in [2.05, 4.69) is 25.5 Å². The molecule has 0 aliphatic carbocycles. The normalized spacial score (nSPS) is 20.7. The fourth-order valence-corrected chi connectivity index (χ4v) is 5.78. The van der Waals surface area contributed by atoms with E-state index in [1.807, 2.05) is 26.0 Å². The average molecular weight is 482 g/mol. The molecule has 34 heavy (non-hydrogen) atoms. The quantitative estimate of drug-likeness (QED) is 0.544. The van der Waals surface area contributed by atoms with E-state index in [0.29, 0.717) is 42.1 Å². The van der Waals surface area contributed by atoms with E-state index in [1.54, 1.807) is 12.3 Å². The molecular formula is C23H23N5O5S. The second-order valence-electron chi connectivity index (χ2n) is 8.82. The van der Waals surface area contributed by atoms with Gasteiger partial charge in [0.05, 0.1) is 47.6 Å². The Morgan fingerprint density at radius 1 is 1.26 bits per heavy atom. The largest absolute Gasteiger partial charge is 0.457 e. The number of hydrogen-bond acceptors (Lipinski definition) is 9. The molecule has 176 valence electrons. The lowest BCUT2D eigenvalue weighted by molar-refractivity contribution is 0.0535. The molecule has 2 bridgehead atoms. The fraction of sp³-hybridized carbons (Fsp3) is 0.391. The van der Waals surface area contributed by atoms with Crippen LogP contribution in [0.25, 0.3) is 11.3 Å². The molecule has 0 spiro atoms. The lowest BCUT2D eigenvalue weighted by atomic mass is 9.97. The molecule has 10 nitrogen and oxygen atoms in total. The van der Waals surface area contributed by atoms with Gasteiger partial charge in [0.1, 0.15) is 6.61 Å². The zero-order chi connectivity index (χ0) is 23.4. The van der Waals surface area contributed by atoms with Crippen LogP contribution in [0, 0.1) is 0 Å². The van der Waals surface area contributed by atoms with E-state index >= 15 is 0 Å². The summed E-state index contributed by atoms with van der Waals surface area (Å²) in [6.07, 6.45) is 2.35. The number of aromatic nitrogens is 2. The van der Waals surface area contributed by atoms with Crippen LogP contribution in [0.2, 0.25) is 0 Å². The molecule has 3 aliphatic heterocycles. The number of nitrogens with zero attached hydrogens (tertiary/aromatic N) is 3. The van der Waals surface area contributed by atoms with Crippen LogP contribution in [-0.4, -0.2) is 47.3 Å². The van der Waals surface area contributed by atoms with E-state index in [9.17, 15) is 9.59 Å². The van der Waals surface area contributed by atoms with Crippen LogP contribution in [-0.2, 0) is 22.5 Å². The van der Waals surface area contributed by atoms with Crippen LogP contribution in [0.15, 0.2) is 28.8 Å². The highest BCUT2D eigenvalue weighted by atomic mass is 32.1. The van der Waals surface area contributed by atoms with Gasteiger partial charge >= 0.3 is 12.0 Å². The second-order valence-corrected chi connectivity index (χ2v) is 9.85. The van der Waals surface area contributed by atoms with Crippen LogP contribution in [0.4, 0.5) is 15.9 Å². The Bertz CT molecular complexity index is 1280. The van der Waals surface area contributed by atoms with Gasteiger partial charge in [-0.25, -0.2) is 19.6 Å². The number of carbonyl (C=O) groups is 2. The van der Waals surface area contributed by atoms with Gasteiger partial charge in [-0.1, -0.05) is 23.5 Å². The number of hydrogen-bond donors (Lipinski definition) is 2. The van der Waals surface area contributed by atoms with Gasteiger partial charge in [0.25, 0.3) is 6.01 Å². The number of nitrogens with one attached hydrogen (secondary N) is 2. The van der Waals surface area contributed by atoms with Crippen LogP contribution in [0.3, 0.4) is 0 Å². The number of rotatable bonds is 4. The number of ether oxygens (including phenoxy) is 2. The minimum absolute atomic E-state index is 0.0172. The number of carbonyl (C=O) groups excluding carboxylic acids is 2. The summed E-state index contributed by atoms with van der Waals surface area (Å²) < 4.78 is 17.3. The van der Waals surface area contributed by atoms with Gasteiger partial charge < -0.3 is 24.1 Å². The van der Waals surface area contributed by atoms with Crippen LogP contribution >= 0.6 is 11.3 Å². The van der Waals surface area contributed by atoms with Crippen molar-refractivity contribution < 1.29 is 23.5 Å². The number of oxazole rings is 1. The number of anilines is 2. The van der Waals surface area contributed by atoms with Crippen molar-refractivity contribution in [3.05, 3.63) is 46.1 Å². The molecule has 0 radical (unpaired) electrons. The topological polar surface area (TPSA) is 119 Å². The van der Waals surface area contributed by atoms with Gasteiger partial charge in [-0.3, -0.25) is 5.32 Å². The summed E-state index contributed by atoms with van der Waals surface area (Å²) in [5, 5.41) is 6.22. The Hall–Kier alpha value is -3.44. The maximum absolute atomic E-state index is 12.1. The monoisotopic (exact) mass is 481 g/mol. The number of fused-ring (bicyclic) bond motifs is 5. The average Bonchev–Trinajstić information content (AvgIpc) is 3.52. The van der Waals surface area contributed by atoms with Crippen LogP contribution < -0.4 is 15.5 Å². The standard InChI is InChI=1S/C23H23N5O5S/c1-11(2)25-21(30)27-22-26-16-6-12-8-31-10-17(19(16)34-22)28(12)23-24-7-18(33-23)13-4-3-5-14-15(13)9-32-20(14)29/h3-5,7,11-12,17H,6,8-10H2,1-2H3,(H2,25,26,27,30)/t12-,17-/m0/s1. The predicted molar refractivity (Wildman–Crippen MR) is 124 cm³/mol. The van der Waals surface area contributed by atoms with Gasteiger partial charge in [0.2, 0.25) is 0 Å². The Morgan fingerprint density at radius 3 is 2.97 bits per heavy atom. The molecule has 11 heteroatoms. The highest BCUT2D eigenvalue weighted by molar-refractivity contribution is 7.16. The number of thiazole rings is 1. The van der Waals surface area contributed by atoms with E-state index in [0.717, 1.165) is 21.7 Å². The molecule has 0 unspecified atom stereocenters. The zero-order valence-electron chi connectivity index (χ0n) is 18.7. The number of morpholine rings is 1. The molecule has 0 saturated carbocycles. The van der Waals surface area contributed by atoms with Crippen molar-refractivity contribution >= 4 is 34.5 Å². The summed E-state index contributed by atoms with van der Waals surface area (Å²) >= 11 is 1.45. The van der Waals surface area contributed by atoms with E-state index in [-0.39, 0.29) is 36.7 Å². The summed E-state index contributed by atoms with van der Waals surface area (Å²) in [4.78, 5) is 36.5. The number of cyclic esters (lactones) is 1. The number of esters is 1. The van der Waals surface area contributed by atoms with E-state index in [4.69, 9.17) is 13.9 Å². The number of amides is 2. The number of urea groups is 1. The highest BCUT2D eigenvalue weighted by Gasteiger charge is 2.43. The van der Waals surface area contributed by atoms with Crippen LogP contribution in [0.1, 0.15) is 46.4 Å². The Balaban J connectivity index is 1.30. The molecule has 3 aliphatic rings. The summed E-state index contributed by atoms with van der Waals surface area (Å²) in [5.41, 5.74) is 3.16. The lowest BCUT2D eigenvalue weighted by Crippen LogP contribution is -2.51. The molecule has 2 amide bonds. The van der Waals surface area contributed by atoms with Gasteiger partial charge in [-0.05, 0) is 19.9 Å². The summed E-state index contributed by atoms with van der Waals surface area (Å²) in [7, 11) is 0. The van der Waals surface area contributed by atoms with E-state index in [1.165, 1.54) is 11.3 Å². The molecular weight excluding hydrogens is 458 g/mol. The second kappa shape index (κ2) is 8.10. The van der Waals surface area contributed by atoms with Gasteiger partial charge in [0.15, 0.2) is 10.9 Å². The molecule has 5 heterocycles. The SMILES string of the molecule is CC(C)NC(=O)Nc1nc2c(s1)[C@@H]1COC[C@H](C2)N1c1ncc(-c2cccc3c2COC3=O)o1. The Labute approximate surface area is 199 Å². The minimum atomic E-state index is -0.316. The maximum atomic E-state index is 12.1. The molecule has 1 saturated heterocycles. The fourth-order valence-electron chi connectivity index (χ4n) is 4.71. The first-order valence-corrected chi connectivity index (χ1v) is 12.0. The first kappa shape index (κ1) is 21.1. The van der Waals surface area contributed by atoms with Crippen molar-refractivity contribution in [1.29, 1.82) is 0 Å². The minimum Gasteiger partial charge on any atom is -0.457 e. The first-order chi connectivity index (χ1) is 16.5. The maximum Gasteiger partial charge on any atom is 0.338 e. The van der Waals surface area contributed by atoms with Crippen molar-refractivity contribution in [3.63, 3.8) is 0 Å². The summed E-state index contributed by atoms with van der Waals surface area (Å²) in [5.74, 6) is 0.274. The smallest absolute Gasteiger partial charge is 0.338 e. The first-order valence-electron chi connectivity index (χ1n) is 11.2.